The Morgan fingerprint density at radius 3 is 2.62 bits per heavy atom. The molecule has 0 fully saturated rings. The fourth-order valence-electron chi connectivity index (χ4n) is 2.59. The minimum absolute atomic E-state index is 0.181. The molecule has 0 radical (unpaired) electrons. The van der Waals surface area contributed by atoms with Crippen molar-refractivity contribution in [1.82, 2.24) is 20.2 Å². The third-order valence-electron chi connectivity index (χ3n) is 4.13. The van der Waals surface area contributed by atoms with Crippen LogP contribution in [0.25, 0.3) is 5.69 Å². The monoisotopic (exact) mass is 389 g/mol. The van der Waals surface area contributed by atoms with Gasteiger partial charge in [0.15, 0.2) is 5.76 Å². The van der Waals surface area contributed by atoms with Gasteiger partial charge in [0.1, 0.15) is 12.1 Å². The first-order valence-corrected chi connectivity index (χ1v) is 8.61. The lowest BCUT2D eigenvalue weighted by atomic mass is 10.1. The number of aromatic nitrogens is 4. The smallest absolute Gasteiger partial charge is 0.343 e. The Morgan fingerprint density at radius 1 is 1.10 bits per heavy atom. The van der Waals surface area contributed by atoms with Gasteiger partial charge in [-0.25, -0.2) is 9.48 Å². The number of aryl methyl sites for hydroxylation is 1. The van der Waals surface area contributed by atoms with Crippen molar-refractivity contribution < 1.29 is 18.7 Å². The fraction of sp³-hybridized carbons (Fsp3) is 0.0500. The highest BCUT2D eigenvalue weighted by molar-refractivity contribution is 6.03. The number of hydrogen-bond acceptors (Lipinski definition) is 7. The lowest BCUT2D eigenvalue weighted by Gasteiger charge is -2.10. The molecule has 2 aromatic heterocycles. The molecule has 2 aromatic carbocycles. The summed E-state index contributed by atoms with van der Waals surface area (Å²) in [6.07, 6.45) is 2.88. The lowest BCUT2D eigenvalue weighted by molar-refractivity contribution is 0.0734. The molecular formula is C20H15N5O4. The molecule has 4 rings (SSSR count). The van der Waals surface area contributed by atoms with Gasteiger partial charge in [0.2, 0.25) is 0 Å². The van der Waals surface area contributed by atoms with Crippen LogP contribution in [0.1, 0.15) is 26.5 Å². The minimum atomic E-state index is -0.548. The van der Waals surface area contributed by atoms with Gasteiger partial charge in [0, 0.05) is 5.69 Å². The molecule has 0 aliphatic rings. The first-order chi connectivity index (χ1) is 14.1. The van der Waals surface area contributed by atoms with Gasteiger partial charge >= 0.3 is 5.97 Å². The Hall–Kier alpha value is -4.27. The van der Waals surface area contributed by atoms with Crippen LogP contribution in [0, 0.1) is 6.92 Å². The molecule has 9 nitrogen and oxygen atoms in total. The molecule has 29 heavy (non-hydrogen) atoms. The number of rotatable bonds is 5. The van der Waals surface area contributed by atoms with Crippen molar-refractivity contribution >= 4 is 17.6 Å². The van der Waals surface area contributed by atoms with Crippen LogP contribution in [0.2, 0.25) is 0 Å². The first-order valence-electron chi connectivity index (χ1n) is 8.61. The standard InChI is InChI=1S/C20H15N5O4/c1-13-4-5-14(11-17(13)22-19(26)18-3-2-10-28-18)20(27)29-16-8-6-15(7-9-16)25-12-21-23-24-25/h2-12H,1H3,(H,22,26). The van der Waals surface area contributed by atoms with Crippen LogP contribution in [0.4, 0.5) is 5.69 Å². The number of esters is 1. The van der Waals surface area contributed by atoms with Gasteiger partial charge in [-0.3, -0.25) is 4.79 Å². The maximum Gasteiger partial charge on any atom is 0.343 e. The molecule has 0 bridgehead atoms. The maximum absolute atomic E-state index is 12.5. The van der Waals surface area contributed by atoms with Crippen molar-refractivity contribution in [2.24, 2.45) is 0 Å². The van der Waals surface area contributed by atoms with E-state index in [4.69, 9.17) is 9.15 Å². The van der Waals surface area contributed by atoms with Crippen molar-refractivity contribution in [2.45, 2.75) is 6.92 Å². The summed E-state index contributed by atoms with van der Waals surface area (Å²) in [5.41, 5.74) is 2.32. The molecular weight excluding hydrogens is 374 g/mol. The highest BCUT2D eigenvalue weighted by Crippen LogP contribution is 2.21. The number of tetrazole rings is 1. The molecule has 0 unspecified atom stereocenters. The normalized spacial score (nSPS) is 10.5. The second-order valence-corrected chi connectivity index (χ2v) is 6.10. The predicted molar refractivity (Wildman–Crippen MR) is 102 cm³/mol. The quantitative estimate of drug-likeness (QED) is 0.412. The van der Waals surface area contributed by atoms with E-state index in [2.05, 4.69) is 20.8 Å². The summed E-state index contributed by atoms with van der Waals surface area (Å²) < 4.78 is 12.0. The zero-order chi connectivity index (χ0) is 20.2. The molecule has 4 aromatic rings. The summed E-state index contributed by atoms with van der Waals surface area (Å²) in [6.45, 7) is 1.82. The van der Waals surface area contributed by atoms with E-state index in [1.807, 2.05) is 6.92 Å². The Labute approximate surface area is 164 Å². The van der Waals surface area contributed by atoms with Crippen molar-refractivity contribution in [3.63, 3.8) is 0 Å². The molecule has 0 spiro atoms. The van der Waals surface area contributed by atoms with Crippen molar-refractivity contribution in [2.75, 3.05) is 5.32 Å². The summed E-state index contributed by atoms with van der Waals surface area (Å²) >= 11 is 0. The molecule has 0 saturated carbocycles. The summed E-state index contributed by atoms with van der Waals surface area (Å²) in [6, 6.07) is 14.8. The van der Waals surface area contributed by atoms with E-state index in [-0.39, 0.29) is 5.76 Å². The average molecular weight is 389 g/mol. The third-order valence-corrected chi connectivity index (χ3v) is 4.13. The number of carbonyl (C=O) groups is 2. The van der Waals surface area contributed by atoms with Gasteiger partial charge in [-0.15, -0.1) is 5.10 Å². The summed E-state index contributed by atoms with van der Waals surface area (Å²) in [7, 11) is 0. The van der Waals surface area contributed by atoms with Gasteiger partial charge in [0.25, 0.3) is 5.91 Å². The second kappa shape index (κ2) is 7.77. The van der Waals surface area contributed by atoms with E-state index in [1.54, 1.807) is 54.6 Å². The second-order valence-electron chi connectivity index (χ2n) is 6.10. The van der Waals surface area contributed by atoms with Crippen molar-refractivity contribution in [3.05, 3.63) is 84.1 Å². The number of hydrogen-bond donors (Lipinski definition) is 1. The van der Waals surface area contributed by atoms with Gasteiger partial charge in [-0.2, -0.15) is 0 Å². The molecule has 0 saturated heterocycles. The number of carbonyl (C=O) groups excluding carboxylic acids is 2. The molecule has 9 heteroatoms. The van der Waals surface area contributed by atoms with Crippen LogP contribution in [-0.2, 0) is 0 Å². The van der Waals surface area contributed by atoms with E-state index in [9.17, 15) is 9.59 Å². The molecule has 2 heterocycles. The lowest BCUT2D eigenvalue weighted by Crippen LogP contribution is -2.14. The number of nitrogens with one attached hydrogen (secondary N) is 1. The van der Waals surface area contributed by atoms with Crippen LogP contribution in [0.15, 0.2) is 71.6 Å². The van der Waals surface area contributed by atoms with E-state index >= 15 is 0 Å². The zero-order valence-corrected chi connectivity index (χ0v) is 15.3. The minimum Gasteiger partial charge on any atom is -0.459 e. The maximum atomic E-state index is 12.5. The number of benzene rings is 2. The molecule has 0 atom stereocenters. The van der Waals surface area contributed by atoms with Crippen LogP contribution in [-0.4, -0.2) is 32.1 Å². The van der Waals surface area contributed by atoms with Crippen LogP contribution in [0.3, 0.4) is 0 Å². The van der Waals surface area contributed by atoms with Crippen LogP contribution in [0.5, 0.6) is 5.75 Å². The highest BCUT2D eigenvalue weighted by atomic mass is 16.5. The van der Waals surface area contributed by atoms with Crippen LogP contribution >= 0.6 is 0 Å². The predicted octanol–water partition coefficient (Wildman–Crippen LogP) is 3.04. The largest absolute Gasteiger partial charge is 0.459 e. The molecule has 1 N–H and O–H groups in total. The first kappa shape index (κ1) is 18.1. The molecule has 144 valence electrons. The number of amides is 1. The van der Waals surface area contributed by atoms with Crippen LogP contribution < -0.4 is 10.1 Å². The SMILES string of the molecule is Cc1ccc(C(=O)Oc2ccc(-n3cnnn3)cc2)cc1NC(=O)c1ccco1. The number of nitrogens with zero attached hydrogens (tertiary/aromatic N) is 4. The van der Waals surface area contributed by atoms with Crippen molar-refractivity contribution in [3.8, 4) is 11.4 Å². The fourth-order valence-corrected chi connectivity index (χ4v) is 2.59. The molecule has 0 aliphatic heterocycles. The van der Waals surface area contributed by atoms with E-state index in [0.29, 0.717) is 17.0 Å². The van der Waals surface area contributed by atoms with E-state index < -0.39 is 11.9 Å². The number of anilines is 1. The summed E-state index contributed by atoms with van der Waals surface area (Å²) in [5.74, 6) is -0.399. The molecule has 1 amide bonds. The highest BCUT2D eigenvalue weighted by Gasteiger charge is 2.14. The number of furan rings is 1. The summed E-state index contributed by atoms with van der Waals surface area (Å²) in [5, 5.41) is 13.7. The van der Waals surface area contributed by atoms with Gasteiger partial charge < -0.3 is 14.5 Å². The Bertz CT molecular complexity index is 1140. The van der Waals surface area contributed by atoms with E-state index in [1.165, 1.54) is 17.3 Å². The summed E-state index contributed by atoms with van der Waals surface area (Å²) in [4.78, 5) is 24.7. The number of ether oxygens (including phenoxy) is 1. The topological polar surface area (TPSA) is 112 Å². The van der Waals surface area contributed by atoms with E-state index in [0.717, 1.165) is 11.3 Å². The Balaban J connectivity index is 1.48. The third kappa shape index (κ3) is 4.03. The zero-order valence-electron chi connectivity index (χ0n) is 15.3. The van der Waals surface area contributed by atoms with Gasteiger partial charge in [-0.1, -0.05) is 6.07 Å². The Morgan fingerprint density at radius 2 is 1.93 bits per heavy atom. The van der Waals surface area contributed by atoms with Gasteiger partial charge in [-0.05, 0) is 71.4 Å². The van der Waals surface area contributed by atoms with Crippen molar-refractivity contribution in [1.29, 1.82) is 0 Å². The molecule has 0 aliphatic carbocycles. The average Bonchev–Trinajstić information content (AvgIpc) is 3.44. The Kier molecular flexibility index (Phi) is 4.85. The van der Waals surface area contributed by atoms with Gasteiger partial charge in [0.05, 0.1) is 17.5 Å².